The van der Waals surface area contributed by atoms with Gasteiger partial charge < -0.3 is 10.1 Å². The van der Waals surface area contributed by atoms with Gasteiger partial charge in [0.25, 0.3) is 0 Å². The summed E-state index contributed by atoms with van der Waals surface area (Å²) in [6.45, 7) is 7.30. The molecule has 0 amide bonds. The van der Waals surface area contributed by atoms with E-state index in [2.05, 4.69) is 37.1 Å². The lowest BCUT2D eigenvalue weighted by Crippen LogP contribution is -2.22. The smallest absolute Gasteiger partial charge is 0.219 e. The van der Waals surface area contributed by atoms with Gasteiger partial charge in [-0.1, -0.05) is 45.4 Å². The summed E-state index contributed by atoms with van der Waals surface area (Å²) in [5.41, 5.74) is 2.31. The van der Waals surface area contributed by atoms with Crippen molar-refractivity contribution in [3.8, 4) is 11.6 Å². The number of nitrogens with one attached hydrogen (secondary N) is 1. The standard InChI is InChI=1S/C18H24N2O/c1-4-8-16-11-15(13-19-14(2)3)12-18(20-16)21-17-9-6-5-7-10-17/h5-7,9-12,14,19H,4,8,13H2,1-3H3. The predicted octanol–water partition coefficient (Wildman–Crippen LogP) is 4.32. The van der Waals surface area contributed by atoms with Crippen LogP contribution in [-0.4, -0.2) is 11.0 Å². The fourth-order valence-electron chi connectivity index (χ4n) is 2.09. The minimum atomic E-state index is 0.464. The zero-order valence-electron chi connectivity index (χ0n) is 13.1. The molecule has 1 aromatic heterocycles. The maximum atomic E-state index is 5.87. The monoisotopic (exact) mass is 284 g/mol. The first kappa shape index (κ1) is 15.5. The number of nitrogens with zero attached hydrogens (tertiary/aromatic N) is 1. The Morgan fingerprint density at radius 2 is 1.90 bits per heavy atom. The van der Waals surface area contributed by atoms with E-state index in [4.69, 9.17) is 4.74 Å². The van der Waals surface area contributed by atoms with E-state index in [0.29, 0.717) is 11.9 Å². The summed E-state index contributed by atoms with van der Waals surface area (Å²) >= 11 is 0. The van der Waals surface area contributed by atoms with Crippen molar-refractivity contribution >= 4 is 0 Å². The number of benzene rings is 1. The highest BCUT2D eigenvalue weighted by molar-refractivity contribution is 5.30. The lowest BCUT2D eigenvalue weighted by Gasteiger charge is -2.12. The Morgan fingerprint density at radius 3 is 2.57 bits per heavy atom. The van der Waals surface area contributed by atoms with Crippen LogP contribution in [0.3, 0.4) is 0 Å². The molecule has 0 atom stereocenters. The Bertz CT molecular complexity index is 552. The van der Waals surface area contributed by atoms with E-state index in [1.807, 2.05) is 36.4 Å². The first-order chi connectivity index (χ1) is 10.2. The molecule has 1 N–H and O–H groups in total. The molecule has 0 aliphatic carbocycles. The third kappa shape index (κ3) is 5.20. The number of para-hydroxylation sites is 1. The molecule has 3 heteroatoms. The second kappa shape index (κ2) is 7.79. The summed E-state index contributed by atoms with van der Waals surface area (Å²) in [5, 5.41) is 3.44. The minimum absolute atomic E-state index is 0.464. The Morgan fingerprint density at radius 1 is 1.14 bits per heavy atom. The molecular weight excluding hydrogens is 260 g/mol. The summed E-state index contributed by atoms with van der Waals surface area (Å²) in [6, 6.07) is 14.4. The molecular formula is C18H24N2O. The van der Waals surface area contributed by atoms with E-state index >= 15 is 0 Å². The van der Waals surface area contributed by atoms with Crippen LogP contribution < -0.4 is 10.1 Å². The van der Waals surface area contributed by atoms with E-state index in [0.717, 1.165) is 30.8 Å². The second-order valence-electron chi connectivity index (χ2n) is 5.51. The third-order valence-corrected chi connectivity index (χ3v) is 3.10. The first-order valence-corrected chi connectivity index (χ1v) is 7.63. The van der Waals surface area contributed by atoms with Crippen molar-refractivity contribution in [2.45, 2.75) is 46.2 Å². The van der Waals surface area contributed by atoms with Crippen LogP contribution in [0.4, 0.5) is 0 Å². The zero-order chi connectivity index (χ0) is 15.1. The van der Waals surface area contributed by atoms with Gasteiger partial charge in [-0.3, -0.25) is 0 Å². The summed E-state index contributed by atoms with van der Waals surface area (Å²) in [4.78, 5) is 4.60. The summed E-state index contributed by atoms with van der Waals surface area (Å²) in [5.74, 6) is 1.49. The molecule has 0 fully saturated rings. The van der Waals surface area contributed by atoms with Crippen LogP contribution in [0.5, 0.6) is 11.6 Å². The van der Waals surface area contributed by atoms with Crippen molar-refractivity contribution < 1.29 is 4.74 Å². The lowest BCUT2D eigenvalue weighted by atomic mass is 10.1. The highest BCUT2D eigenvalue weighted by Gasteiger charge is 2.05. The van der Waals surface area contributed by atoms with Gasteiger partial charge >= 0.3 is 0 Å². The third-order valence-electron chi connectivity index (χ3n) is 3.10. The number of ether oxygens (including phenoxy) is 1. The molecule has 0 spiro atoms. The fraction of sp³-hybridized carbons (Fsp3) is 0.389. The maximum Gasteiger partial charge on any atom is 0.219 e. The van der Waals surface area contributed by atoms with Gasteiger partial charge in [0.15, 0.2) is 0 Å². The van der Waals surface area contributed by atoms with Crippen LogP contribution in [0.25, 0.3) is 0 Å². The molecule has 0 unspecified atom stereocenters. The molecule has 0 aliphatic rings. The molecule has 0 bridgehead atoms. The van der Waals surface area contributed by atoms with E-state index < -0.39 is 0 Å². The quantitative estimate of drug-likeness (QED) is 0.822. The number of hydrogen-bond acceptors (Lipinski definition) is 3. The van der Waals surface area contributed by atoms with Gasteiger partial charge in [0.1, 0.15) is 5.75 Å². The minimum Gasteiger partial charge on any atom is -0.439 e. The largest absolute Gasteiger partial charge is 0.439 e. The molecule has 2 rings (SSSR count). The van der Waals surface area contributed by atoms with Crippen LogP contribution in [0.1, 0.15) is 38.4 Å². The SMILES string of the molecule is CCCc1cc(CNC(C)C)cc(Oc2ccccc2)n1. The van der Waals surface area contributed by atoms with E-state index in [1.54, 1.807) is 0 Å². The first-order valence-electron chi connectivity index (χ1n) is 7.63. The highest BCUT2D eigenvalue weighted by Crippen LogP contribution is 2.21. The lowest BCUT2D eigenvalue weighted by molar-refractivity contribution is 0.458. The normalized spacial score (nSPS) is 10.9. The number of aromatic nitrogens is 1. The van der Waals surface area contributed by atoms with Crippen LogP contribution >= 0.6 is 0 Å². The molecule has 1 aromatic carbocycles. The van der Waals surface area contributed by atoms with Gasteiger partial charge in [-0.25, -0.2) is 4.98 Å². The summed E-state index contributed by atoms with van der Waals surface area (Å²) < 4.78 is 5.87. The molecule has 2 aromatic rings. The second-order valence-corrected chi connectivity index (χ2v) is 5.51. The van der Waals surface area contributed by atoms with Crippen molar-refractivity contribution in [2.75, 3.05) is 0 Å². The van der Waals surface area contributed by atoms with E-state index in [1.165, 1.54) is 5.56 Å². The van der Waals surface area contributed by atoms with Crippen molar-refractivity contribution in [3.63, 3.8) is 0 Å². The van der Waals surface area contributed by atoms with Gasteiger partial charge in [-0.15, -0.1) is 0 Å². The topological polar surface area (TPSA) is 34.1 Å². The Labute approximate surface area is 127 Å². The van der Waals surface area contributed by atoms with Crippen LogP contribution in [-0.2, 0) is 13.0 Å². The number of rotatable bonds is 7. The number of hydrogen-bond donors (Lipinski definition) is 1. The average Bonchev–Trinajstić information content (AvgIpc) is 2.46. The maximum absolute atomic E-state index is 5.87. The molecule has 0 saturated carbocycles. The number of pyridine rings is 1. The summed E-state index contributed by atoms with van der Waals surface area (Å²) in [7, 11) is 0. The van der Waals surface area contributed by atoms with Crippen molar-refractivity contribution in [1.29, 1.82) is 0 Å². The molecule has 21 heavy (non-hydrogen) atoms. The Kier molecular flexibility index (Phi) is 5.76. The van der Waals surface area contributed by atoms with Crippen LogP contribution in [0.15, 0.2) is 42.5 Å². The van der Waals surface area contributed by atoms with Crippen molar-refractivity contribution in [3.05, 3.63) is 53.7 Å². The highest BCUT2D eigenvalue weighted by atomic mass is 16.5. The Balaban J connectivity index is 2.18. The predicted molar refractivity (Wildman–Crippen MR) is 86.7 cm³/mol. The van der Waals surface area contributed by atoms with E-state index in [9.17, 15) is 0 Å². The number of aryl methyl sites for hydroxylation is 1. The molecule has 3 nitrogen and oxygen atoms in total. The molecule has 0 saturated heterocycles. The average molecular weight is 284 g/mol. The van der Waals surface area contributed by atoms with Crippen LogP contribution in [0.2, 0.25) is 0 Å². The van der Waals surface area contributed by atoms with E-state index in [-0.39, 0.29) is 0 Å². The van der Waals surface area contributed by atoms with Gasteiger partial charge in [-0.05, 0) is 30.2 Å². The van der Waals surface area contributed by atoms with Gasteiger partial charge in [-0.2, -0.15) is 0 Å². The molecule has 0 aliphatic heterocycles. The van der Waals surface area contributed by atoms with Gasteiger partial charge in [0, 0.05) is 24.3 Å². The summed E-state index contributed by atoms with van der Waals surface area (Å²) in [6.07, 6.45) is 2.06. The van der Waals surface area contributed by atoms with Crippen molar-refractivity contribution in [1.82, 2.24) is 10.3 Å². The van der Waals surface area contributed by atoms with Crippen LogP contribution in [0, 0.1) is 0 Å². The fourth-order valence-corrected chi connectivity index (χ4v) is 2.09. The van der Waals surface area contributed by atoms with Gasteiger partial charge in [0.2, 0.25) is 5.88 Å². The molecule has 112 valence electrons. The molecule has 0 radical (unpaired) electrons. The zero-order valence-corrected chi connectivity index (χ0v) is 13.1. The van der Waals surface area contributed by atoms with Gasteiger partial charge in [0.05, 0.1) is 0 Å². The molecule has 1 heterocycles. The Hall–Kier alpha value is -1.87. The van der Waals surface area contributed by atoms with Crippen molar-refractivity contribution in [2.24, 2.45) is 0 Å².